The summed E-state index contributed by atoms with van der Waals surface area (Å²) in [6.45, 7) is 5.38. The van der Waals surface area contributed by atoms with Crippen molar-refractivity contribution in [2.75, 3.05) is 49.7 Å². The highest BCUT2D eigenvalue weighted by Crippen LogP contribution is 2.32. The third-order valence-corrected chi connectivity index (χ3v) is 5.21. The third kappa shape index (κ3) is 5.84. The average molecular weight is 470 g/mol. The summed E-state index contributed by atoms with van der Waals surface area (Å²) in [5, 5.41) is 12.4. The molecule has 1 saturated heterocycles. The molecule has 1 aliphatic rings. The van der Waals surface area contributed by atoms with E-state index in [9.17, 15) is 14.9 Å². The normalized spacial score (nSPS) is 14.2. The molecule has 31 heavy (non-hydrogen) atoms. The average Bonchev–Trinajstić information content (AvgIpc) is 2.76. The van der Waals surface area contributed by atoms with Gasteiger partial charge in [0, 0.05) is 31.2 Å². The molecule has 1 fully saturated rings. The van der Waals surface area contributed by atoms with E-state index >= 15 is 0 Å². The number of nitro groups is 1. The number of hydrogen-bond donors (Lipinski definition) is 2. The van der Waals surface area contributed by atoms with E-state index in [0.717, 1.165) is 19.6 Å². The second-order valence-electron chi connectivity index (χ2n) is 6.61. The van der Waals surface area contributed by atoms with Gasteiger partial charge in [0.25, 0.3) is 5.91 Å². The largest absolute Gasteiger partial charge is 0.482 e. The number of halogens is 2. The monoisotopic (exact) mass is 469 g/mol. The van der Waals surface area contributed by atoms with Crippen molar-refractivity contribution >= 4 is 46.4 Å². The van der Waals surface area contributed by atoms with Crippen LogP contribution in [0.4, 0.5) is 17.3 Å². The molecule has 0 unspecified atom stereocenters. The van der Waals surface area contributed by atoms with Crippen molar-refractivity contribution in [1.29, 1.82) is 0 Å². The Balaban J connectivity index is 1.64. The van der Waals surface area contributed by atoms with E-state index < -0.39 is 10.8 Å². The fourth-order valence-corrected chi connectivity index (χ4v) is 3.50. The van der Waals surface area contributed by atoms with Gasteiger partial charge >= 0.3 is 5.69 Å². The number of rotatable bonds is 8. The van der Waals surface area contributed by atoms with Gasteiger partial charge in [-0.2, -0.15) is 0 Å². The van der Waals surface area contributed by atoms with Crippen molar-refractivity contribution in [3.63, 3.8) is 0 Å². The number of aromatic nitrogens is 2. The van der Waals surface area contributed by atoms with Crippen LogP contribution in [0.15, 0.2) is 24.5 Å². The molecular formula is C18H21Cl2N7O4. The van der Waals surface area contributed by atoms with Gasteiger partial charge in [-0.15, -0.1) is 0 Å². The molecule has 2 N–H and O–H groups in total. The number of carbonyl (C=O) groups is 1. The van der Waals surface area contributed by atoms with Crippen LogP contribution in [0.3, 0.4) is 0 Å². The van der Waals surface area contributed by atoms with Crippen LogP contribution in [0.5, 0.6) is 5.75 Å². The first-order valence-electron chi connectivity index (χ1n) is 9.48. The van der Waals surface area contributed by atoms with Gasteiger partial charge in [0.15, 0.2) is 6.61 Å². The summed E-state index contributed by atoms with van der Waals surface area (Å²) in [6.07, 6.45) is 1.22. The molecule has 13 heteroatoms. The molecule has 0 aliphatic carbocycles. The standard InChI is InChI=1S/C18H21Cl2N7O4/c1-2-25-5-7-26(8-6-25)18-16(27(29)30)17(21-11-22-18)24-23-15(28)10-31-14-4-3-12(19)9-13(14)20/h3-4,9,11H,2,5-8,10H2,1H3,(H,23,28)(H,21,22,24). The lowest BCUT2D eigenvalue weighted by molar-refractivity contribution is -0.383. The predicted octanol–water partition coefficient (Wildman–Crippen LogP) is 2.36. The molecule has 1 amide bonds. The Bertz CT molecular complexity index is 955. The molecule has 2 aromatic rings. The minimum Gasteiger partial charge on any atom is -0.482 e. The maximum atomic E-state index is 12.1. The van der Waals surface area contributed by atoms with Gasteiger partial charge in [-0.3, -0.25) is 25.8 Å². The van der Waals surface area contributed by atoms with E-state index in [1.807, 2.05) is 4.90 Å². The second-order valence-corrected chi connectivity index (χ2v) is 7.45. The lowest BCUT2D eigenvalue weighted by atomic mass is 10.3. The molecular weight excluding hydrogens is 449 g/mol. The summed E-state index contributed by atoms with van der Waals surface area (Å²) < 4.78 is 5.34. The summed E-state index contributed by atoms with van der Waals surface area (Å²) in [5.74, 6) is -0.220. The van der Waals surface area contributed by atoms with Crippen molar-refractivity contribution in [3.05, 3.63) is 44.7 Å². The van der Waals surface area contributed by atoms with Gasteiger partial charge < -0.3 is 14.5 Å². The zero-order valence-corrected chi connectivity index (χ0v) is 18.2. The molecule has 1 aliphatic heterocycles. The van der Waals surface area contributed by atoms with Crippen LogP contribution in [0, 0.1) is 10.1 Å². The summed E-state index contributed by atoms with van der Waals surface area (Å²) in [7, 11) is 0. The van der Waals surface area contributed by atoms with E-state index in [1.165, 1.54) is 18.5 Å². The summed E-state index contributed by atoms with van der Waals surface area (Å²) in [5.41, 5.74) is 4.52. The topological polar surface area (TPSA) is 126 Å². The highest BCUT2D eigenvalue weighted by molar-refractivity contribution is 6.35. The highest BCUT2D eigenvalue weighted by atomic mass is 35.5. The van der Waals surface area contributed by atoms with Gasteiger partial charge in [0.05, 0.1) is 9.95 Å². The molecule has 11 nitrogen and oxygen atoms in total. The van der Waals surface area contributed by atoms with Crippen LogP contribution in [0.25, 0.3) is 0 Å². The third-order valence-electron chi connectivity index (χ3n) is 4.68. The van der Waals surface area contributed by atoms with Crippen molar-refractivity contribution < 1.29 is 14.5 Å². The zero-order valence-electron chi connectivity index (χ0n) is 16.7. The predicted molar refractivity (Wildman–Crippen MR) is 117 cm³/mol. The molecule has 2 heterocycles. The number of carbonyl (C=O) groups excluding carboxylic acids is 1. The number of hydrazine groups is 1. The molecule has 0 atom stereocenters. The minimum atomic E-state index is -0.586. The first kappa shape index (κ1) is 22.8. The molecule has 166 valence electrons. The molecule has 1 aromatic carbocycles. The van der Waals surface area contributed by atoms with E-state index in [-0.39, 0.29) is 34.7 Å². The molecule has 0 spiro atoms. The van der Waals surface area contributed by atoms with Gasteiger partial charge in [0.1, 0.15) is 12.1 Å². The van der Waals surface area contributed by atoms with Crippen molar-refractivity contribution in [2.45, 2.75) is 6.92 Å². The number of likely N-dealkylation sites (N-methyl/N-ethyl adjacent to an activating group) is 1. The molecule has 0 radical (unpaired) electrons. The second kappa shape index (κ2) is 10.4. The first-order chi connectivity index (χ1) is 14.9. The first-order valence-corrected chi connectivity index (χ1v) is 10.2. The van der Waals surface area contributed by atoms with Crippen molar-refractivity contribution in [3.8, 4) is 5.75 Å². The van der Waals surface area contributed by atoms with Gasteiger partial charge in [-0.25, -0.2) is 9.97 Å². The van der Waals surface area contributed by atoms with Crippen LogP contribution in [-0.4, -0.2) is 65.0 Å². The van der Waals surface area contributed by atoms with E-state index in [4.69, 9.17) is 27.9 Å². The van der Waals surface area contributed by atoms with E-state index in [0.29, 0.717) is 18.1 Å². The smallest absolute Gasteiger partial charge is 0.355 e. The van der Waals surface area contributed by atoms with Gasteiger partial charge in [-0.1, -0.05) is 30.1 Å². The number of ether oxygens (including phenoxy) is 1. The van der Waals surface area contributed by atoms with Crippen LogP contribution in [-0.2, 0) is 4.79 Å². The van der Waals surface area contributed by atoms with E-state index in [1.54, 1.807) is 6.07 Å². The Labute approximate surface area is 188 Å². The fourth-order valence-electron chi connectivity index (χ4n) is 3.04. The number of benzene rings is 1. The Hall–Kier alpha value is -2.89. The van der Waals surface area contributed by atoms with Crippen molar-refractivity contribution in [1.82, 2.24) is 20.3 Å². The number of amides is 1. The van der Waals surface area contributed by atoms with Gasteiger partial charge in [0.2, 0.25) is 11.6 Å². The van der Waals surface area contributed by atoms with E-state index in [2.05, 4.69) is 32.6 Å². The highest BCUT2D eigenvalue weighted by Gasteiger charge is 2.29. The molecule has 0 saturated carbocycles. The quantitative estimate of drug-likeness (QED) is 0.442. The number of nitrogens with zero attached hydrogens (tertiary/aromatic N) is 5. The Morgan fingerprint density at radius 3 is 2.65 bits per heavy atom. The molecule has 0 bridgehead atoms. The number of hydrogen-bond acceptors (Lipinski definition) is 9. The van der Waals surface area contributed by atoms with Crippen LogP contribution in [0.2, 0.25) is 10.0 Å². The zero-order chi connectivity index (χ0) is 22.4. The van der Waals surface area contributed by atoms with Crippen LogP contribution < -0.4 is 20.5 Å². The maximum absolute atomic E-state index is 12.1. The Morgan fingerprint density at radius 1 is 1.26 bits per heavy atom. The maximum Gasteiger partial charge on any atom is 0.355 e. The molecule has 3 rings (SSSR count). The lowest BCUT2D eigenvalue weighted by Gasteiger charge is -2.34. The fraction of sp³-hybridized carbons (Fsp3) is 0.389. The van der Waals surface area contributed by atoms with Crippen molar-refractivity contribution in [2.24, 2.45) is 0 Å². The SMILES string of the molecule is CCN1CCN(c2ncnc(NNC(=O)COc3ccc(Cl)cc3Cl)c2[N+](=O)[O-])CC1. The van der Waals surface area contributed by atoms with Crippen LogP contribution in [0.1, 0.15) is 6.92 Å². The summed E-state index contributed by atoms with van der Waals surface area (Å²) in [4.78, 5) is 35.3. The van der Waals surface area contributed by atoms with Gasteiger partial charge in [-0.05, 0) is 24.7 Å². The molecule has 1 aromatic heterocycles. The Kier molecular flexibility index (Phi) is 7.66. The summed E-state index contributed by atoms with van der Waals surface area (Å²) >= 11 is 11.8. The Morgan fingerprint density at radius 2 is 2.00 bits per heavy atom. The number of piperazine rings is 1. The summed E-state index contributed by atoms with van der Waals surface area (Å²) in [6, 6.07) is 4.59. The number of anilines is 2. The van der Waals surface area contributed by atoms with Crippen LogP contribution >= 0.6 is 23.2 Å². The lowest BCUT2D eigenvalue weighted by Crippen LogP contribution is -2.46. The minimum absolute atomic E-state index is 0.120. The number of nitrogens with one attached hydrogen (secondary N) is 2.